The molecule has 1 N–H and O–H groups in total. The van der Waals surface area contributed by atoms with Gasteiger partial charge in [0.25, 0.3) is 0 Å². The average Bonchev–Trinajstić information content (AvgIpc) is 2.83. The molecule has 0 bridgehead atoms. The second kappa shape index (κ2) is 6.37. The van der Waals surface area contributed by atoms with Gasteiger partial charge in [0.2, 0.25) is 0 Å². The van der Waals surface area contributed by atoms with Crippen molar-refractivity contribution in [2.24, 2.45) is 0 Å². The van der Waals surface area contributed by atoms with Gasteiger partial charge in [-0.25, -0.2) is 0 Å². The van der Waals surface area contributed by atoms with Gasteiger partial charge in [-0.1, -0.05) is 6.07 Å². The molecule has 0 aliphatic carbocycles. The molecule has 3 nitrogen and oxygen atoms in total. The summed E-state index contributed by atoms with van der Waals surface area (Å²) in [5.74, 6) is 0.818. The maximum atomic E-state index is 5.71. The molecule has 0 aliphatic rings. The number of thiophene rings is 1. The second-order valence-corrected chi connectivity index (χ2v) is 4.86. The Morgan fingerprint density at radius 1 is 1.41 bits per heavy atom. The van der Waals surface area contributed by atoms with Crippen LogP contribution < -0.4 is 10.1 Å². The van der Waals surface area contributed by atoms with E-state index in [1.54, 1.807) is 23.7 Å². The van der Waals surface area contributed by atoms with Crippen LogP contribution in [-0.2, 0) is 6.54 Å². The molecule has 1 atom stereocenters. The molecule has 0 fully saturated rings. The highest BCUT2D eigenvalue weighted by Gasteiger charge is 2.03. The Bertz CT molecular complexity index is 416. The molecule has 2 heterocycles. The summed E-state index contributed by atoms with van der Waals surface area (Å²) in [7, 11) is 0. The van der Waals surface area contributed by atoms with Gasteiger partial charge < -0.3 is 10.1 Å². The molecule has 0 aromatic carbocycles. The van der Waals surface area contributed by atoms with Crippen LogP contribution in [0.2, 0.25) is 0 Å². The number of nitrogens with one attached hydrogen (secondary N) is 1. The topological polar surface area (TPSA) is 34.1 Å². The summed E-state index contributed by atoms with van der Waals surface area (Å²) in [4.78, 5) is 5.36. The first-order valence-corrected chi connectivity index (χ1v) is 6.52. The Balaban J connectivity index is 1.69. The molecule has 2 rings (SSSR count). The summed E-state index contributed by atoms with van der Waals surface area (Å²) < 4.78 is 5.71. The van der Waals surface area contributed by atoms with E-state index < -0.39 is 0 Å². The maximum Gasteiger partial charge on any atom is 0.138 e. The van der Waals surface area contributed by atoms with E-state index in [-0.39, 0.29) is 6.10 Å². The highest BCUT2D eigenvalue weighted by Crippen LogP contribution is 2.09. The van der Waals surface area contributed by atoms with E-state index >= 15 is 0 Å². The van der Waals surface area contributed by atoms with Crippen molar-refractivity contribution in [3.63, 3.8) is 0 Å². The minimum atomic E-state index is 0.138. The molecular weight excluding hydrogens is 232 g/mol. The third kappa shape index (κ3) is 4.17. The molecule has 0 saturated carbocycles. The molecule has 0 saturated heterocycles. The highest BCUT2D eigenvalue weighted by atomic mass is 32.1. The van der Waals surface area contributed by atoms with E-state index in [4.69, 9.17) is 4.74 Å². The monoisotopic (exact) mass is 248 g/mol. The summed E-state index contributed by atoms with van der Waals surface area (Å²) in [5, 5.41) is 5.46. The van der Waals surface area contributed by atoms with Gasteiger partial charge >= 0.3 is 0 Å². The molecule has 2 aromatic rings. The van der Waals surface area contributed by atoms with E-state index in [1.807, 2.05) is 12.1 Å². The summed E-state index contributed by atoms with van der Waals surface area (Å²) in [6.45, 7) is 3.78. The number of hydrogen-bond acceptors (Lipinski definition) is 4. The van der Waals surface area contributed by atoms with Gasteiger partial charge in [-0.3, -0.25) is 4.98 Å². The third-order valence-electron chi connectivity index (χ3n) is 2.28. The van der Waals surface area contributed by atoms with Gasteiger partial charge in [-0.05, 0) is 30.5 Å². The van der Waals surface area contributed by atoms with Crippen LogP contribution in [0.4, 0.5) is 0 Å². The predicted octanol–water partition coefficient (Wildman–Crippen LogP) is 2.70. The SMILES string of the molecule is CC(CNCc1cccs1)Oc1cccnc1. The Morgan fingerprint density at radius 2 is 2.35 bits per heavy atom. The molecule has 1 unspecified atom stereocenters. The van der Waals surface area contributed by atoms with Crippen molar-refractivity contribution < 1.29 is 4.74 Å². The number of hydrogen-bond donors (Lipinski definition) is 1. The van der Waals surface area contributed by atoms with Gasteiger partial charge in [-0.2, -0.15) is 0 Å². The van der Waals surface area contributed by atoms with Gasteiger partial charge in [0.15, 0.2) is 0 Å². The lowest BCUT2D eigenvalue weighted by Crippen LogP contribution is -2.28. The van der Waals surface area contributed by atoms with Gasteiger partial charge in [0, 0.05) is 24.2 Å². The molecule has 0 aliphatic heterocycles. The minimum absolute atomic E-state index is 0.138. The standard InChI is InChI=1S/C13H16N2OS/c1-11(16-12-4-2-6-14-9-12)8-15-10-13-5-3-7-17-13/h2-7,9,11,15H,8,10H2,1H3. The molecular formula is C13H16N2OS. The van der Waals surface area contributed by atoms with Crippen LogP contribution in [-0.4, -0.2) is 17.6 Å². The van der Waals surface area contributed by atoms with E-state index in [2.05, 4.69) is 34.7 Å². The normalized spacial score (nSPS) is 12.3. The number of rotatable bonds is 6. The quantitative estimate of drug-likeness (QED) is 0.853. The van der Waals surface area contributed by atoms with Crippen LogP contribution in [0.25, 0.3) is 0 Å². The third-order valence-corrected chi connectivity index (χ3v) is 3.16. The predicted molar refractivity (Wildman–Crippen MR) is 70.4 cm³/mol. The molecule has 17 heavy (non-hydrogen) atoms. The Labute approximate surface area is 105 Å². The van der Waals surface area contributed by atoms with Gasteiger partial charge in [-0.15, -0.1) is 11.3 Å². The van der Waals surface area contributed by atoms with Crippen molar-refractivity contribution >= 4 is 11.3 Å². The smallest absolute Gasteiger partial charge is 0.138 e. The molecule has 90 valence electrons. The lowest BCUT2D eigenvalue weighted by molar-refractivity contribution is 0.216. The summed E-state index contributed by atoms with van der Waals surface area (Å²) in [5.41, 5.74) is 0. The fourth-order valence-electron chi connectivity index (χ4n) is 1.50. The first-order valence-electron chi connectivity index (χ1n) is 5.64. The maximum absolute atomic E-state index is 5.71. The fraction of sp³-hybridized carbons (Fsp3) is 0.308. The fourth-order valence-corrected chi connectivity index (χ4v) is 2.18. The van der Waals surface area contributed by atoms with Crippen molar-refractivity contribution in [1.29, 1.82) is 0 Å². The zero-order valence-corrected chi connectivity index (χ0v) is 10.6. The van der Waals surface area contributed by atoms with Crippen LogP contribution in [0.5, 0.6) is 5.75 Å². The van der Waals surface area contributed by atoms with Crippen molar-refractivity contribution in [2.75, 3.05) is 6.54 Å². The summed E-state index contributed by atoms with van der Waals surface area (Å²) >= 11 is 1.77. The van der Waals surface area contributed by atoms with Gasteiger partial charge in [0.1, 0.15) is 11.9 Å². The van der Waals surface area contributed by atoms with Crippen molar-refractivity contribution in [3.8, 4) is 5.75 Å². The Hall–Kier alpha value is -1.39. The van der Waals surface area contributed by atoms with Crippen molar-refractivity contribution in [2.45, 2.75) is 19.6 Å². The van der Waals surface area contributed by atoms with E-state index in [0.717, 1.165) is 18.8 Å². The number of pyridine rings is 1. The first kappa shape index (κ1) is 12.1. The largest absolute Gasteiger partial charge is 0.488 e. The molecule has 4 heteroatoms. The van der Waals surface area contributed by atoms with E-state index in [1.165, 1.54) is 4.88 Å². The van der Waals surface area contributed by atoms with Crippen LogP contribution in [0, 0.1) is 0 Å². The first-order chi connectivity index (χ1) is 8.34. The van der Waals surface area contributed by atoms with Crippen LogP contribution in [0.15, 0.2) is 42.0 Å². The Kier molecular flexibility index (Phi) is 4.53. The minimum Gasteiger partial charge on any atom is -0.488 e. The van der Waals surface area contributed by atoms with Crippen LogP contribution in [0.3, 0.4) is 0 Å². The van der Waals surface area contributed by atoms with Crippen molar-refractivity contribution in [1.82, 2.24) is 10.3 Å². The average molecular weight is 248 g/mol. The highest BCUT2D eigenvalue weighted by molar-refractivity contribution is 7.09. The van der Waals surface area contributed by atoms with Crippen molar-refractivity contribution in [3.05, 3.63) is 46.9 Å². The molecule has 2 aromatic heterocycles. The lowest BCUT2D eigenvalue weighted by Gasteiger charge is -2.14. The van der Waals surface area contributed by atoms with E-state index in [9.17, 15) is 0 Å². The number of aromatic nitrogens is 1. The zero-order chi connectivity index (χ0) is 11.9. The van der Waals surface area contributed by atoms with Gasteiger partial charge in [0.05, 0.1) is 6.20 Å². The van der Waals surface area contributed by atoms with E-state index in [0.29, 0.717) is 0 Å². The lowest BCUT2D eigenvalue weighted by atomic mass is 10.3. The Morgan fingerprint density at radius 3 is 3.06 bits per heavy atom. The molecule has 0 amide bonds. The van der Waals surface area contributed by atoms with Crippen LogP contribution >= 0.6 is 11.3 Å². The number of ether oxygens (including phenoxy) is 1. The number of nitrogens with zero attached hydrogens (tertiary/aromatic N) is 1. The molecule has 0 radical (unpaired) electrons. The zero-order valence-electron chi connectivity index (χ0n) is 9.80. The molecule has 0 spiro atoms. The second-order valence-electron chi connectivity index (χ2n) is 3.83. The van der Waals surface area contributed by atoms with Crippen LogP contribution in [0.1, 0.15) is 11.8 Å². The summed E-state index contributed by atoms with van der Waals surface area (Å²) in [6.07, 6.45) is 3.61. The summed E-state index contributed by atoms with van der Waals surface area (Å²) in [6, 6.07) is 7.99.